The molecule has 8 heteroatoms. The zero-order valence-corrected chi connectivity index (χ0v) is 10.6. The van der Waals surface area contributed by atoms with Crippen molar-refractivity contribution < 1.29 is 9.53 Å². The average molecular weight is 275 g/mol. The number of hydrogen-bond acceptors (Lipinski definition) is 5. The lowest BCUT2D eigenvalue weighted by atomic mass is 10.3. The molecule has 0 aromatic carbocycles. The van der Waals surface area contributed by atoms with Crippen molar-refractivity contribution in [2.24, 2.45) is 0 Å². The maximum atomic E-state index is 12.1. The highest BCUT2D eigenvalue weighted by molar-refractivity contribution is 5.92. The number of aromatic amines is 2. The summed E-state index contributed by atoms with van der Waals surface area (Å²) in [4.78, 5) is 37.6. The van der Waals surface area contributed by atoms with Crippen LogP contribution in [0.5, 0.6) is 5.88 Å². The molecule has 0 radical (unpaired) electrons. The smallest absolute Gasteiger partial charge is 0.323 e. The summed E-state index contributed by atoms with van der Waals surface area (Å²) in [5, 5.41) is 0. The lowest BCUT2D eigenvalue weighted by molar-refractivity contribution is 0.0765. The van der Waals surface area contributed by atoms with E-state index in [1.807, 2.05) is 0 Å². The molecular weight excluding hydrogens is 262 g/mol. The van der Waals surface area contributed by atoms with Crippen LogP contribution in [0.2, 0.25) is 0 Å². The predicted molar refractivity (Wildman–Crippen MR) is 68.4 cm³/mol. The largest absolute Gasteiger partial charge is 0.471 e. The zero-order valence-electron chi connectivity index (χ0n) is 10.6. The summed E-state index contributed by atoms with van der Waals surface area (Å²) in [6.45, 7) is 1.04. The number of ether oxygens (including phenoxy) is 1. The van der Waals surface area contributed by atoms with Crippen LogP contribution in [0.25, 0.3) is 0 Å². The van der Waals surface area contributed by atoms with Crippen LogP contribution in [0, 0.1) is 0 Å². The maximum absolute atomic E-state index is 12.1. The molecule has 1 fully saturated rings. The van der Waals surface area contributed by atoms with E-state index in [1.54, 1.807) is 17.3 Å². The molecule has 2 aromatic rings. The number of H-pyrrole nitrogens is 2. The number of carbonyl (C=O) groups excluding carboxylic acids is 1. The molecule has 20 heavy (non-hydrogen) atoms. The van der Waals surface area contributed by atoms with Crippen molar-refractivity contribution in [1.29, 1.82) is 0 Å². The number of nitrogens with one attached hydrogen (secondary N) is 2. The van der Waals surface area contributed by atoms with Gasteiger partial charge in [-0.25, -0.2) is 9.78 Å². The number of likely N-dealkylation sites (tertiary alicyclic amines) is 1. The van der Waals surface area contributed by atoms with E-state index in [9.17, 15) is 9.59 Å². The Hall–Kier alpha value is -2.64. The minimum Gasteiger partial charge on any atom is -0.471 e. The Kier molecular flexibility index (Phi) is 3.20. The number of rotatable bonds is 3. The molecule has 0 bridgehead atoms. The highest BCUT2D eigenvalue weighted by Gasteiger charge is 2.29. The number of aromatic nitrogens is 4. The van der Waals surface area contributed by atoms with Crippen LogP contribution in [0.15, 0.2) is 29.6 Å². The van der Waals surface area contributed by atoms with Gasteiger partial charge in [-0.3, -0.25) is 9.78 Å². The molecule has 2 N–H and O–H groups in total. The van der Waals surface area contributed by atoms with Gasteiger partial charge in [0.25, 0.3) is 5.91 Å². The van der Waals surface area contributed by atoms with Gasteiger partial charge in [0.1, 0.15) is 11.8 Å². The van der Waals surface area contributed by atoms with Crippen molar-refractivity contribution in [3.8, 4) is 5.88 Å². The normalized spacial score (nSPS) is 18.2. The summed E-state index contributed by atoms with van der Waals surface area (Å²) in [5.41, 5.74) is -0.130. The molecular formula is C12H13N5O3. The van der Waals surface area contributed by atoms with Crippen molar-refractivity contribution in [1.82, 2.24) is 24.8 Å². The summed E-state index contributed by atoms with van der Waals surface area (Å²) in [5.74, 6) is 0.232. The Morgan fingerprint density at radius 3 is 3.05 bits per heavy atom. The van der Waals surface area contributed by atoms with Crippen LogP contribution >= 0.6 is 0 Å². The number of nitrogens with zero attached hydrogens (tertiary/aromatic N) is 3. The molecule has 0 aliphatic carbocycles. The topological polar surface area (TPSA) is 104 Å². The first-order chi connectivity index (χ1) is 9.72. The molecule has 0 unspecified atom stereocenters. The minimum absolute atomic E-state index is 0.110. The first kappa shape index (κ1) is 12.4. The molecule has 104 valence electrons. The second-order valence-corrected chi connectivity index (χ2v) is 4.48. The van der Waals surface area contributed by atoms with Gasteiger partial charge in [0, 0.05) is 31.6 Å². The van der Waals surface area contributed by atoms with E-state index in [1.165, 1.54) is 12.4 Å². The SMILES string of the molecule is O=C(c1c[nH]c(=O)[nH]1)N1CC[C@H](Oc2cnccn2)C1. The van der Waals surface area contributed by atoms with E-state index >= 15 is 0 Å². The highest BCUT2D eigenvalue weighted by Crippen LogP contribution is 2.16. The van der Waals surface area contributed by atoms with Gasteiger partial charge in [0.2, 0.25) is 5.88 Å². The average Bonchev–Trinajstić information content (AvgIpc) is 3.08. The van der Waals surface area contributed by atoms with Crippen molar-refractivity contribution in [3.63, 3.8) is 0 Å². The van der Waals surface area contributed by atoms with E-state index in [0.717, 1.165) is 6.42 Å². The monoisotopic (exact) mass is 275 g/mol. The van der Waals surface area contributed by atoms with Crippen molar-refractivity contribution >= 4 is 5.91 Å². The minimum atomic E-state index is -0.389. The second-order valence-electron chi connectivity index (χ2n) is 4.48. The highest BCUT2D eigenvalue weighted by atomic mass is 16.5. The van der Waals surface area contributed by atoms with Crippen LogP contribution in [-0.4, -0.2) is 49.9 Å². The zero-order chi connectivity index (χ0) is 13.9. The molecule has 0 saturated carbocycles. The third-order valence-electron chi connectivity index (χ3n) is 3.09. The van der Waals surface area contributed by atoms with Crippen LogP contribution in [0.3, 0.4) is 0 Å². The van der Waals surface area contributed by atoms with Gasteiger partial charge in [-0.2, -0.15) is 0 Å². The summed E-state index contributed by atoms with van der Waals surface area (Å²) >= 11 is 0. The summed E-state index contributed by atoms with van der Waals surface area (Å²) in [7, 11) is 0. The lowest BCUT2D eigenvalue weighted by Crippen LogP contribution is -2.31. The van der Waals surface area contributed by atoms with Crippen LogP contribution in [-0.2, 0) is 0 Å². The van der Waals surface area contributed by atoms with Gasteiger partial charge in [0.05, 0.1) is 12.7 Å². The molecule has 3 heterocycles. The van der Waals surface area contributed by atoms with Crippen LogP contribution < -0.4 is 10.4 Å². The fourth-order valence-corrected chi connectivity index (χ4v) is 2.14. The van der Waals surface area contributed by atoms with Crippen molar-refractivity contribution in [3.05, 3.63) is 41.0 Å². The lowest BCUT2D eigenvalue weighted by Gasteiger charge is -2.15. The summed E-state index contributed by atoms with van der Waals surface area (Å²) in [6.07, 6.45) is 6.64. The Bertz CT molecular complexity index is 650. The van der Waals surface area contributed by atoms with Crippen LogP contribution in [0.1, 0.15) is 16.9 Å². The number of hydrogen-bond donors (Lipinski definition) is 2. The van der Waals surface area contributed by atoms with Gasteiger partial charge >= 0.3 is 5.69 Å². The molecule has 2 aromatic heterocycles. The first-order valence-electron chi connectivity index (χ1n) is 6.22. The Balaban J connectivity index is 1.62. The molecule has 0 spiro atoms. The summed E-state index contributed by atoms with van der Waals surface area (Å²) in [6, 6.07) is 0. The maximum Gasteiger partial charge on any atom is 0.323 e. The fourth-order valence-electron chi connectivity index (χ4n) is 2.14. The van der Waals surface area contributed by atoms with E-state index in [0.29, 0.717) is 19.0 Å². The van der Waals surface area contributed by atoms with Gasteiger partial charge in [-0.05, 0) is 0 Å². The van der Waals surface area contributed by atoms with E-state index in [4.69, 9.17) is 4.74 Å². The van der Waals surface area contributed by atoms with E-state index < -0.39 is 0 Å². The Labute approximate surface area is 113 Å². The molecule has 1 atom stereocenters. The van der Waals surface area contributed by atoms with Crippen LogP contribution in [0.4, 0.5) is 0 Å². The number of amides is 1. The first-order valence-corrected chi connectivity index (χ1v) is 6.22. The number of carbonyl (C=O) groups is 1. The third kappa shape index (κ3) is 2.53. The second kappa shape index (κ2) is 5.16. The Morgan fingerprint density at radius 1 is 1.45 bits per heavy atom. The van der Waals surface area contributed by atoms with Crippen molar-refractivity contribution in [2.45, 2.75) is 12.5 Å². The third-order valence-corrected chi connectivity index (χ3v) is 3.09. The van der Waals surface area contributed by atoms with Crippen molar-refractivity contribution in [2.75, 3.05) is 13.1 Å². The molecule has 1 amide bonds. The van der Waals surface area contributed by atoms with Gasteiger partial charge in [-0.1, -0.05) is 0 Å². The quantitative estimate of drug-likeness (QED) is 0.806. The van der Waals surface area contributed by atoms with E-state index in [2.05, 4.69) is 19.9 Å². The van der Waals surface area contributed by atoms with Gasteiger partial charge < -0.3 is 19.6 Å². The Morgan fingerprint density at radius 2 is 2.35 bits per heavy atom. The molecule has 3 rings (SSSR count). The molecule has 1 saturated heterocycles. The molecule has 8 nitrogen and oxygen atoms in total. The molecule has 1 aliphatic rings. The van der Waals surface area contributed by atoms with Gasteiger partial charge in [0.15, 0.2) is 0 Å². The number of imidazole rings is 1. The molecule has 1 aliphatic heterocycles. The summed E-state index contributed by atoms with van der Waals surface area (Å²) < 4.78 is 5.65. The standard InChI is InChI=1S/C12H13N5O3/c18-11(9-5-15-12(19)16-9)17-4-1-8(7-17)20-10-6-13-2-3-14-10/h2-3,5-6,8H,1,4,7H2,(H2,15,16,19)/t8-/m0/s1. The van der Waals surface area contributed by atoms with E-state index in [-0.39, 0.29) is 23.4 Å². The van der Waals surface area contributed by atoms with Gasteiger partial charge in [-0.15, -0.1) is 0 Å². The fraction of sp³-hybridized carbons (Fsp3) is 0.333. The predicted octanol–water partition coefficient (Wildman–Crippen LogP) is -0.214.